The molecule has 10 rings (SSSR count). The quantitative estimate of drug-likeness (QED) is 0.0635. The van der Waals surface area contributed by atoms with Gasteiger partial charge in [0.05, 0.1) is 47.1 Å². The van der Waals surface area contributed by atoms with E-state index in [2.05, 4.69) is 26.6 Å². The van der Waals surface area contributed by atoms with Gasteiger partial charge in [0.15, 0.2) is 5.78 Å². The van der Waals surface area contributed by atoms with Crippen molar-refractivity contribution in [1.82, 2.24) is 56.2 Å². The summed E-state index contributed by atoms with van der Waals surface area (Å²) < 4.78 is 5.47. The van der Waals surface area contributed by atoms with Gasteiger partial charge in [-0.1, -0.05) is 44.2 Å². The highest BCUT2D eigenvalue weighted by Gasteiger charge is 2.34. The molecule has 84 heavy (non-hydrogen) atoms. The molecular formula is C56H56N12O10S6. The largest absolute Gasteiger partial charge is 0.481 e. The predicted molar refractivity (Wildman–Crippen MR) is 320 cm³/mol. The number of aromatic nitrogens is 7. The maximum absolute atomic E-state index is 14.4. The molecule has 2 aliphatic rings. The fourth-order valence-electron chi connectivity index (χ4n) is 9.73. The van der Waals surface area contributed by atoms with E-state index in [0.29, 0.717) is 105 Å². The van der Waals surface area contributed by atoms with Crippen molar-refractivity contribution in [2.75, 3.05) is 26.0 Å². The Morgan fingerprint density at radius 1 is 0.714 bits per heavy atom. The third-order valence-electron chi connectivity index (χ3n) is 14.3. The predicted octanol–water partition coefficient (Wildman–Crippen LogP) is 9.03. The molecular weight excluding hydrogens is 1190 g/mol. The number of pyridine rings is 1. The van der Waals surface area contributed by atoms with Gasteiger partial charge in [-0.05, 0) is 56.2 Å². The summed E-state index contributed by atoms with van der Waals surface area (Å²) in [4.78, 5) is 130. The number of ether oxygens (including phenoxy) is 1. The van der Waals surface area contributed by atoms with Crippen LogP contribution in [0.2, 0.25) is 0 Å². The molecule has 7 N–H and O–H groups in total. The monoisotopic (exact) mass is 1250 g/mol. The summed E-state index contributed by atoms with van der Waals surface area (Å²) in [6, 6.07) is 10.3. The molecule has 0 radical (unpaired) electrons. The third kappa shape index (κ3) is 13.4. The second kappa shape index (κ2) is 26.2. The number of nitrogens with one attached hydrogen (secondary N) is 5. The Morgan fingerprint density at radius 3 is 2.14 bits per heavy atom. The first-order valence-electron chi connectivity index (χ1n) is 26.6. The lowest BCUT2D eigenvalue weighted by Gasteiger charge is -2.24. The summed E-state index contributed by atoms with van der Waals surface area (Å²) in [6.07, 6.45) is 0.231. The molecule has 1 fully saturated rings. The number of aliphatic hydroxyl groups excluding tert-OH is 1. The molecule has 7 aromatic heterocycles. The molecule has 22 nitrogen and oxygen atoms in total. The minimum absolute atomic E-state index is 0.0284. The van der Waals surface area contributed by atoms with Crippen molar-refractivity contribution in [2.24, 2.45) is 17.8 Å². The minimum Gasteiger partial charge on any atom is -0.481 e. The normalized spacial score (nSPS) is 19.2. The molecule has 10 bridgehead atoms. The van der Waals surface area contributed by atoms with Crippen LogP contribution < -0.4 is 26.6 Å². The number of methoxy groups -OCH3 is 1. The van der Waals surface area contributed by atoms with Crippen molar-refractivity contribution < 1.29 is 48.5 Å². The highest BCUT2D eigenvalue weighted by atomic mass is 32.1. The van der Waals surface area contributed by atoms with Crippen molar-refractivity contribution in [3.05, 3.63) is 111 Å². The number of aliphatic carboxylic acids is 1. The van der Waals surface area contributed by atoms with Crippen LogP contribution in [-0.2, 0) is 30.5 Å². The van der Waals surface area contributed by atoms with Crippen molar-refractivity contribution in [3.8, 4) is 43.4 Å². The Labute approximate surface area is 505 Å². The molecule has 1 aliphatic carbocycles. The van der Waals surface area contributed by atoms with Gasteiger partial charge in [0.2, 0.25) is 17.7 Å². The lowest BCUT2D eigenvalue weighted by atomic mass is 9.81. The number of nitrogens with zero attached hydrogens (tertiary/aromatic N) is 7. The Bertz CT molecular complexity index is 3770. The van der Waals surface area contributed by atoms with Crippen LogP contribution in [0.5, 0.6) is 0 Å². The number of aliphatic hydroxyl groups is 1. The molecule has 1 aromatic carbocycles. The number of rotatable bonds is 11. The number of anilines is 1. The number of benzene rings is 1. The Hall–Kier alpha value is -7.44. The van der Waals surface area contributed by atoms with Gasteiger partial charge in [-0.2, -0.15) is 0 Å². The fraction of sp³-hybridized carbons (Fsp3) is 0.357. The molecule has 436 valence electrons. The maximum Gasteiger partial charge on any atom is 0.306 e. The van der Waals surface area contributed by atoms with Crippen molar-refractivity contribution in [3.63, 3.8) is 0 Å². The first-order valence-corrected chi connectivity index (χ1v) is 31.8. The van der Waals surface area contributed by atoms with Gasteiger partial charge in [0, 0.05) is 64.4 Å². The lowest BCUT2D eigenvalue weighted by Crippen LogP contribution is -2.40. The molecule has 1 saturated carbocycles. The molecule has 4 atom stereocenters. The van der Waals surface area contributed by atoms with Crippen molar-refractivity contribution in [2.45, 2.75) is 90.0 Å². The summed E-state index contributed by atoms with van der Waals surface area (Å²) in [7, 11) is 2.96. The van der Waals surface area contributed by atoms with Crippen LogP contribution in [0, 0.1) is 24.7 Å². The smallest absolute Gasteiger partial charge is 0.306 e. The zero-order valence-corrected chi connectivity index (χ0v) is 50.7. The maximum atomic E-state index is 14.4. The van der Waals surface area contributed by atoms with E-state index in [4.69, 9.17) is 39.6 Å². The van der Waals surface area contributed by atoms with E-state index in [0.717, 1.165) is 0 Å². The van der Waals surface area contributed by atoms with Crippen molar-refractivity contribution >= 4 is 115 Å². The molecule has 0 spiro atoms. The van der Waals surface area contributed by atoms with E-state index in [1.165, 1.54) is 82.2 Å². The number of thiazole rings is 6. The minimum atomic E-state index is -1.27. The van der Waals surface area contributed by atoms with E-state index in [1.54, 1.807) is 70.9 Å². The standard InChI is InChI=1S/C56H56N12O10S6/c1-25(2)31-17-37(69)42-26(3)83-54(67-42)33(18-40(70)57-4)60-48(74)35-22-79-50(62-35)30-15-16-32(52-65-39(24-82-52)64-47(73)28-11-13-29(14-12-28)56(76)77)59-43(30)34-21-80-53(61-34)36-23-81-55(63-36)45(46(72)27-9-7-6-8-10-27)66-41(71)19-58-49(75)44-38(20-78-5)84-51(31)68-44/h6-10,15-16,21-25,28-29,31,33,45-46,72H,11-14,17-20H2,1-5H3,(H,57,70)(H,58,75)(H,60,74)(H,64,73)(H,66,71)(H,76,77)/t28?,29?,31-,33+,45+,46+/m1/s1. The summed E-state index contributed by atoms with van der Waals surface area (Å²) in [6.45, 7) is 5.16. The highest BCUT2D eigenvalue weighted by Crippen LogP contribution is 2.41. The number of amides is 5. The topological polar surface area (TPSA) is 320 Å². The van der Waals surface area contributed by atoms with Crippen LogP contribution in [0.3, 0.4) is 0 Å². The average molecular weight is 1250 g/mol. The molecule has 28 heteroatoms. The number of carboxylic acids is 1. The lowest BCUT2D eigenvalue weighted by molar-refractivity contribution is -0.143. The van der Waals surface area contributed by atoms with Gasteiger partial charge >= 0.3 is 5.97 Å². The van der Waals surface area contributed by atoms with Gasteiger partial charge in [-0.15, -0.1) is 68.0 Å². The molecule has 0 unspecified atom stereocenters. The van der Waals surface area contributed by atoms with Gasteiger partial charge < -0.3 is 41.5 Å². The summed E-state index contributed by atoms with van der Waals surface area (Å²) in [5.74, 6) is -4.77. The first kappa shape index (κ1) is 59.7. The van der Waals surface area contributed by atoms with Crippen LogP contribution >= 0.6 is 68.0 Å². The van der Waals surface area contributed by atoms with Gasteiger partial charge in [0.25, 0.3) is 11.8 Å². The number of carbonyl (C=O) groups excluding carboxylic acids is 6. The molecule has 8 heterocycles. The van der Waals surface area contributed by atoms with Gasteiger partial charge in [-0.25, -0.2) is 34.9 Å². The van der Waals surface area contributed by atoms with E-state index < -0.39 is 60.3 Å². The first-order chi connectivity index (χ1) is 40.4. The zero-order valence-electron chi connectivity index (χ0n) is 45.8. The van der Waals surface area contributed by atoms with Gasteiger partial charge in [0.1, 0.15) is 77.2 Å². The van der Waals surface area contributed by atoms with Crippen molar-refractivity contribution in [1.29, 1.82) is 0 Å². The molecule has 1 aliphatic heterocycles. The SMILES string of the molecule is CNC(=O)C[C@@H]1NC(=O)c2csc(n2)-c2ccc(-c3nc(NC(=O)C4CCC(C(=O)O)CC4)cs3)nc2-c2csc(n2)-c2csc(n2)[C@H]([C@@H](O)c2ccccc2)NC(=O)CNC(=O)c2nc(sc2COC)[C@@H](C(C)C)CC(=O)c2nc1sc2C. The second-order valence-corrected chi connectivity index (χ2v) is 26.1. The van der Waals surface area contributed by atoms with Crippen LogP contribution in [0.15, 0.2) is 64.0 Å². The Morgan fingerprint density at radius 2 is 1.40 bits per heavy atom. The van der Waals surface area contributed by atoms with Crippen LogP contribution in [0.25, 0.3) is 43.4 Å². The van der Waals surface area contributed by atoms with E-state index in [1.807, 2.05) is 13.8 Å². The Kier molecular flexibility index (Phi) is 18.6. The number of Topliss-reactive ketones (excluding diaryl/α,β-unsaturated/α-hetero) is 1. The van der Waals surface area contributed by atoms with Crippen LogP contribution in [0.1, 0.15) is 138 Å². The second-order valence-electron chi connectivity index (χ2n) is 20.3. The summed E-state index contributed by atoms with van der Waals surface area (Å²) in [5, 5.41) is 44.8. The number of carbonyl (C=O) groups is 7. The van der Waals surface area contributed by atoms with E-state index in [-0.39, 0.29) is 66.0 Å². The highest BCUT2D eigenvalue weighted by molar-refractivity contribution is 7.15. The number of fused-ring (bicyclic) bond motifs is 14. The Balaban J connectivity index is 1.03. The molecule has 0 saturated heterocycles. The van der Waals surface area contributed by atoms with Crippen LogP contribution in [-0.4, -0.2) is 107 Å². The number of carboxylic acid groups (broad SMARTS) is 1. The van der Waals surface area contributed by atoms with Crippen LogP contribution in [0.4, 0.5) is 5.82 Å². The summed E-state index contributed by atoms with van der Waals surface area (Å²) >= 11 is 7.32. The number of hydrogen-bond acceptors (Lipinski definition) is 22. The van der Waals surface area contributed by atoms with E-state index >= 15 is 0 Å². The van der Waals surface area contributed by atoms with Gasteiger partial charge in [-0.3, -0.25) is 33.6 Å². The number of ketones is 1. The average Bonchev–Trinajstić information content (AvgIpc) is 3.76. The van der Waals surface area contributed by atoms with E-state index in [9.17, 15) is 43.8 Å². The number of hydrogen-bond donors (Lipinski definition) is 7. The summed E-state index contributed by atoms with van der Waals surface area (Å²) in [5.41, 5.74) is 2.91. The third-order valence-corrected chi connectivity index (χ3v) is 20.1. The molecule has 8 aromatic rings. The molecule has 5 amide bonds. The fourth-order valence-corrected chi connectivity index (χ4v) is 15.3. The zero-order chi connectivity index (χ0) is 59.3. The number of aryl methyl sites for hydroxylation is 1.